The molecular weight excluding hydrogens is 296 g/mol. The highest BCUT2D eigenvalue weighted by atomic mass is 16.5. The van der Waals surface area contributed by atoms with Gasteiger partial charge in [0.2, 0.25) is 5.89 Å². The molecule has 1 heterocycles. The molecule has 130 valence electrons. The van der Waals surface area contributed by atoms with Crippen LogP contribution in [0, 0.1) is 11.8 Å². The molecule has 1 aromatic heterocycles. The summed E-state index contributed by atoms with van der Waals surface area (Å²) in [6, 6.07) is 0.144. The summed E-state index contributed by atoms with van der Waals surface area (Å²) in [7, 11) is 3.37. The van der Waals surface area contributed by atoms with Crippen molar-refractivity contribution in [1.82, 2.24) is 20.4 Å². The van der Waals surface area contributed by atoms with E-state index in [0.29, 0.717) is 43.1 Å². The standard InChI is InChI=1S/C16H28N4O3/c1-11-6-5-7-12(2)15(11)18-16(21)20(3)10-14-17-13(19-23-14)8-9-22-4/h11-12,15H,5-10H2,1-4H3,(H,18,21)/t11-,12-/m1/s1. The summed E-state index contributed by atoms with van der Waals surface area (Å²) in [5.41, 5.74) is 0. The first-order chi connectivity index (χ1) is 11.0. The molecule has 7 heteroatoms. The molecule has 0 saturated heterocycles. The Kier molecular flexibility index (Phi) is 6.38. The number of carbonyl (C=O) groups excluding carboxylic acids is 1. The number of nitrogens with one attached hydrogen (secondary N) is 1. The SMILES string of the molecule is COCCc1noc(CN(C)C(=O)NC2[C@H](C)CCC[C@H]2C)n1. The van der Waals surface area contributed by atoms with Gasteiger partial charge in [-0.1, -0.05) is 25.4 Å². The molecule has 7 nitrogen and oxygen atoms in total. The van der Waals surface area contributed by atoms with Crippen LogP contribution in [-0.4, -0.2) is 47.9 Å². The summed E-state index contributed by atoms with van der Waals surface area (Å²) in [6.07, 6.45) is 4.20. The second-order valence-electron chi connectivity index (χ2n) is 6.56. The van der Waals surface area contributed by atoms with Gasteiger partial charge in [0, 0.05) is 26.6 Å². The maximum atomic E-state index is 12.4. The maximum Gasteiger partial charge on any atom is 0.317 e. The van der Waals surface area contributed by atoms with Gasteiger partial charge in [0.25, 0.3) is 0 Å². The first-order valence-electron chi connectivity index (χ1n) is 8.33. The van der Waals surface area contributed by atoms with Crippen molar-refractivity contribution >= 4 is 6.03 Å². The Hall–Kier alpha value is -1.63. The van der Waals surface area contributed by atoms with Crippen molar-refractivity contribution in [3.05, 3.63) is 11.7 Å². The molecule has 0 aromatic carbocycles. The largest absolute Gasteiger partial charge is 0.384 e. The van der Waals surface area contributed by atoms with Crippen molar-refractivity contribution in [2.45, 2.75) is 52.1 Å². The van der Waals surface area contributed by atoms with Crippen LogP contribution >= 0.6 is 0 Å². The van der Waals surface area contributed by atoms with Gasteiger partial charge in [0.05, 0.1) is 6.61 Å². The molecule has 0 spiro atoms. The van der Waals surface area contributed by atoms with E-state index in [1.165, 1.54) is 19.3 Å². The predicted octanol–water partition coefficient (Wildman–Crippen LogP) is 2.22. The van der Waals surface area contributed by atoms with Crippen molar-refractivity contribution in [2.75, 3.05) is 20.8 Å². The van der Waals surface area contributed by atoms with Gasteiger partial charge >= 0.3 is 6.03 Å². The van der Waals surface area contributed by atoms with E-state index >= 15 is 0 Å². The van der Waals surface area contributed by atoms with E-state index in [2.05, 4.69) is 29.3 Å². The number of amides is 2. The molecule has 1 aromatic rings. The molecule has 0 unspecified atom stereocenters. The summed E-state index contributed by atoms with van der Waals surface area (Å²) in [6.45, 7) is 5.27. The number of carbonyl (C=O) groups is 1. The zero-order chi connectivity index (χ0) is 16.8. The molecule has 0 aliphatic heterocycles. The lowest BCUT2D eigenvalue weighted by Crippen LogP contribution is -2.49. The number of rotatable bonds is 6. The van der Waals surface area contributed by atoms with Crippen LogP contribution in [0.15, 0.2) is 4.52 Å². The Bertz CT molecular complexity index is 495. The number of nitrogens with zero attached hydrogens (tertiary/aromatic N) is 3. The van der Waals surface area contributed by atoms with Crippen molar-refractivity contribution in [2.24, 2.45) is 11.8 Å². The highest BCUT2D eigenvalue weighted by molar-refractivity contribution is 5.74. The summed E-state index contributed by atoms with van der Waals surface area (Å²) in [4.78, 5) is 18.2. The molecular formula is C16H28N4O3. The maximum absolute atomic E-state index is 12.4. The van der Waals surface area contributed by atoms with Crippen LogP contribution in [0.5, 0.6) is 0 Å². The van der Waals surface area contributed by atoms with Crippen molar-refractivity contribution in [3.8, 4) is 0 Å². The van der Waals surface area contributed by atoms with E-state index < -0.39 is 0 Å². The molecule has 2 amide bonds. The van der Waals surface area contributed by atoms with Gasteiger partial charge in [-0.25, -0.2) is 4.79 Å². The van der Waals surface area contributed by atoms with Gasteiger partial charge in [-0.05, 0) is 24.7 Å². The normalized spacial score (nSPS) is 22.1. The fourth-order valence-electron chi connectivity index (χ4n) is 3.14. The summed E-state index contributed by atoms with van der Waals surface area (Å²) < 4.78 is 10.2. The van der Waals surface area contributed by atoms with E-state index in [4.69, 9.17) is 9.26 Å². The van der Waals surface area contributed by atoms with Gasteiger partial charge in [0.1, 0.15) is 6.54 Å². The first kappa shape index (κ1) is 17.7. The molecule has 1 fully saturated rings. The predicted molar refractivity (Wildman–Crippen MR) is 85.8 cm³/mol. The monoisotopic (exact) mass is 324 g/mol. The molecule has 0 radical (unpaired) electrons. The van der Waals surface area contributed by atoms with Crippen LogP contribution in [0.3, 0.4) is 0 Å². The number of hydrogen-bond donors (Lipinski definition) is 1. The second kappa shape index (κ2) is 8.29. The van der Waals surface area contributed by atoms with E-state index in [-0.39, 0.29) is 12.1 Å². The molecule has 1 N–H and O–H groups in total. The Morgan fingerprint density at radius 2 is 2.09 bits per heavy atom. The third-order valence-corrected chi connectivity index (χ3v) is 4.59. The Morgan fingerprint density at radius 3 is 2.74 bits per heavy atom. The quantitative estimate of drug-likeness (QED) is 0.868. The second-order valence-corrected chi connectivity index (χ2v) is 6.56. The van der Waals surface area contributed by atoms with Crippen molar-refractivity contribution in [3.63, 3.8) is 0 Å². The van der Waals surface area contributed by atoms with Gasteiger partial charge in [-0.15, -0.1) is 0 Å². The van der Waals surface area contributed by atoms with E-state index in [1.54, 1.807) is 19.1 Å². The Labute approximate surface area is 137 Å². The zero-order valence-electron chi connectivity index (χ0n) is 14.5. The minimum atomic E-state index is -0.0905. The molecule has 23 heavy (non-hydrogen) atoms. The van der Waals surface area contributed by atoms with Gasteiger partial charge in [-0.3, -0.25) is 0 Å². The Balaban J connectivity index is 1.85. The molecule has 2 atom stereocenters. The third kappa shape index (κ3) is 4.92. The van der Waals surface area contributed by atoms with Crippen LogP contribution < -0.4 is 5.32 Å². The van der Waals surface area contributed by atoms with E-state index in [0.717, 1.165) is 0 Å². The molecule has 1 saturated carbocycles. The highest BCUT2D eigenvalue weighted by Gasteiger charge is 2.29. The average Bonchev–Trinajstić information content (AvgIpc) is 2.96. The first-order valence-corrected chi connectivity index (χ1v) is 8.33. The fourth-order valence-corrected chi connectivity index (χ4v) is 3.14. The van der Waals surface area contributed by atoms with Crippen molar-refractivity contribution in [1.29, 1.82) is 0 Å². The van der Waals surface area contributed by atoms with Gasteiger partial charge in [-0.2, -0.15) is 4.98 Å². The number of aromatic nitrogens is 2. The molecule has 1 aliphatic carbocycles. The highest BCUT2D eigenvalue weighted by Crippen LogP contribution is 2.28. The minimum absolute atomic E-state index is 0.0905. The number of urea groups is 1. The average molecular weight is 324 g/mol. The van der Waals surface area contributed by atoms with E-state index in [9.17, 15) is 4.79 Å². The van der Waals surface area contributed by atoms with Gasteiger partial charge < -0.3 is 19.5 Å². The van der Waals surface area contributed by atoms with Crippen LogP contribution in [0.25, 0.3) is 0 Å². The van der Waals surface area contributed by atoms with Crippen LogP contribution in [-0.2, 0) is 17.7 Å². The Morgan fingerprint density at radius 1 is 1.39 bits per heavy atom. The lowest BCUT2D eigenvalue weighted by Gasteiger charge is -2.36. The van der Waals surface area contributed by atoms with Crippen LogP contribution in [0.1, 0.15) is 44.8 Å². The molecule has 0 bridgehead atoms. The lowest BCUT2D eigenvalue weighted by molar-refractivity contribution is 0.167. The van der Waals surface area contributed by atoms with Crippen molar-refractivity contribution < 1.29 is 14.1 Å². The minimum Gasteiger partial charge on any atom is -0.384 e. The topological polar surface area (TPSA) is 80.5 Å². The summed E-state index contributed by atoms with van der Waals surface area (Å²) in [5.74, 6) is 2.07. The van der Waals surface area contributed by atoms with Gasteiger partial charge in [0.15, 0.2) is 5.82 Å². The molecule has 1 aliphatic rings. The zero-order valence-corrected chi connectivity index (χ0v) is 14.5. The number of ether oxygens (including phenoxy) is 1. The number of methoxy groups -OCH3 is 1. The third-order valence-electron chi connectivity index (χ3n) is 4.59. The molecule has 2 rings (SSSR count). The number of hydrogen-bond acceptors (Lipinski definition) is 5. The summed E-state index contributed by atoms with van der Waals surface area (Å²) >= 11 is 0. The fraction of sp³-hybridized carbons (Fsp3) is 0.812. The summed E-state index contributed by atoms with van der Waals surface area (Å²) in [5, 5.41) is 7.04. The van der Waals surface area contributed by atoms with E-state index in [1.807, 2.05) is 0 Å². The van der Waals surface area contributed by atoms with Crippen LogP contribution in [0.4, 0.5) is 4.79 Å². The smallest absolute Gasteiger partial charge is 0.317 e. The van der Waals surface area contributed by atoms with Crippen LogP contribution in [0.2, 0.25) is 0 Å². The lowest BCUT2D eigenvalue weighted by atomic mass is 9.79.